The van der Waals surface area contributed by atoms with Crippen molar-refractivity contribution in [1.82, 2.24) is 4.90 Å². The van der Waals surface area contributed by atoms with E-state index < -0.39 is 0 Å². The zero-order valence-corrected chi connectivity index (χ0v) is 17.3. The van der Waals surface area contributed by atoms with E-state index in [2.05, 4.69) is 56.1 Å². The molecule has 1 heteroatoms. The van der Waals surface area contributed by atoms with E-state index in [1.165, 1.54) is 89.2 Å². The summed E-state index contributed by atoms with van der Waals surface area (Å²) in [7, 11) is 2.26. The average molecular weight is 346 g/mol. The van der Waals surface area contributed by atoms with Crippen LogP contribution >= 0.6 is 0 Å². The van der Waals surface area contributed by atoms with Gasteiger partial charge in [-0.2, -0.15) is 0 Å². The van der Waals surface area contributed by atoms with Crippen molar-refractivity contribution in [3.8, 4) is 0 Å². The summed E-state index contributed by atoms with van der Waals surface area (Å²) in [6.45, 7) is 6.94. The molecule has 0 saturated carbocycles. The summed E-state index contributed by atoms with van der Waals surface area (Å²) in [5.74, 6) is 0.987. The van der Waals surface area contributed by atoms with Crippen LogP contribution in [0.3, 0.4) is 0 Å². The third kappa shape index (κ3) is 12.2. The second-order valence-electron chi connectivity index (χ2n) is 7.93. The molecule has 25 heavy (non-hydrogen) atoms. The van der Waals surface area contributed by atoms with Gasteiger partial charge in [-0.1, -0.05) is 115 Å². The van der Waals surface area contributed by atoms with Crippen molar-refractivity contribution >= 4 is 0 Å². The molecule has 0 radical (unpaired) electrons. The first-order valence-electron chi connectivity index (χ1n) is 11.0. The van der Waals surface area contributed by atoms with Gasteiger partial charge in [0, 0.05) is 6.54 Å². The summed E-state index contributed by atoms with van der Waals surface area (Å²) < 4.78 is 0. The van der Waals surface area contributed by atoms with E-state index in [9.17, 15) is 0 Å². The first-order chi connectivity index (χ1) is 12.3. The minimum absolute atomic E-state index is 0.987. The van der Waals surface area contributed by atoms with Gasteiger partial charge in [-0.3, -0.25) is 0 Å². The van der Waals surface area contributed by atoms with Crippen molar-refractivity contribution < 1.29 is 0 Å². The Morgan fingerprint density at radius 2 is 1.32 bits per heavy atom. The Morgan fingerprint density at radius 1 is 0.720 bits per heavy atom. The van der Waals surface area contributed by atoms with Gasteiger partial charge < -0.3 is 4.90 Å². The second-order valence-corrected chi connectivity index (χ2v) is 7.93. The maximum Gasteiger partial charge on any atom is 0.0230 e. The summed E-state index contributed by atoms with van der Waals surface area (Å²) >= 11 is 0. The van der Waals surface area contributed by atoms with Gasteiger partial charge in [-0.05, 0) is 31.5 Å². The minimum atomic E-state index is 0.987. The number of hydrogen-bond donors (Lipinski definition) is 0. The van der Waals surface area contributed by atoms with Crippen molar-refractivity contribution in [1.29, 1.82) is 0 Å². The van der Waals surface area contributed by atoms with Crippen LogP contribution in [0.15, 0.2) is 30.3 Å². The molecule has 0 N–H and O–H groups in total. The predicted molar refractivity (Wildman–Crippen MR) is 113 cm³/mol. The monoisotopic (exact) mass is 345 g/mol. The first kappa shape index (κ1) is 22.2. The molecule has 144 valence electrons. The Balaban J connectivity index is 2.14. The Bertz CT molecular complexity index is 386. The van der Waals surface area contributed by atoms with E-state index in [1.807, 2.05) is 0 Å². The third-order valence-electron chi connectivity index (χ3n) is 5.38. The lowest BCUT2D eigenvalue weighted by atomic mass is 9.90. The van der Waals surface area contributed by atoms with Crippen molar-refractivity contribution in [3.05, 3.63) is 35.9 Å². The summed E-state index contributed by atoms with van der Waals surface area (Å²) in [6.07, 6.45) is 17.1. The van der Waals surface area contributed by atoms with E-state index in [0.29, 0.717) is 0 Å². The highest BCUT2D eigenvalue weighted by molar-refractivity contribution is 5.14. The maximum absolute atomic E-state index is 2.47. The number of rotatable bonds is 16. The Kier molecular flexibility index (Phi) is 13.7. The summed E-state index contributed by atoms with van der Waals surface area (Å²) in [5, 5.41) is 0. The number of nitrogens with zero attached hydrogens (tertiary/aromatic N) is 1. The quantitative estimate of drug-likeness (QED) is 0.281. The van der Waals surface area contributed by atoms with Crippen LogP contribution in [0.2, 0.25) is 0 Å². The lowest BCUT2D eigenvalue weighted by molar-refractivity contribution is 0.304. The largest absolute Gasteiger partial charge is 0.302 e. The molecule has 1 atom stereocenters. The smallest absolute Gasteiger partial charge is 0.0230 e. The van der Waals surface area contributed by atoms with Crippen LogP contribution in [0.1, 0.15) is 96.5 Å². The van der Waals surface area contributed by atoms with E-state index in [-0.39, 0.29) is 0 Å². The molecule has 0 aliphatic rings. The van der Waals surface area contributed by atoms with E-state index in [1.54, 1.807) is 0 Å². The summed E-state index contributed by atoms with van der Waals surface area (Å²) in [6, 6.07) is 10.8. The summed E-state index contributed by atoms with van der Waals surface area (Å²) in [5.41, 5.74) is 1.43. The van der Waals surface area contributed by atoms with Gasteiger partial charge in [0.05, 0.1) is 0 Å². The fraction of sp³-hybridized carbons (Fsp3) is 0.750. The van der Waals surface area contributed by atoms with Crippen LogP contribution in [0.5, 0.6) is 0 Å². The zero-order valence-electron chi connectivity index (χ0n) is 17.3. The Labute approximate surface area is 158 Å². The van der Waals surface area contributed by atoms with Crippen LogP contribution in [0.4, 0.5) is 0 Å². The lowest BCUT2D eigenvalue weighted by Gasteiger charge is -2.19. The van der Waals surface area contributed by atoms with Gasteiger partial charge in [0.15, 0.2) is 0 Å². The molecule has 1 unspecified atom stereocenters. The number of benzene rings is 1. The fourth-order valence-corrected chi connectivity index (χ4v) is 3.75. The normalized spacial score (nSPS) is 12.6. The minimum Gasteiger partial charge on any atom is -0.302 e. The Hall–Kier alpha value is -0.820. The molecule has 0 saturated heterocycles. The molecule has 0 heterocycles. The molecule has 1 nitrogen and oxygen atoms in total. The van der Waals surface area contributed by atoms with Crippen LogP contribution in [0.25, 0.3) is 0 Å². The molecule has 0 amide bonds. The molecular formula is C24H43N. The third-order valence-corrected chi connectivity index (χ3v) is 5.38. The molecule has 0 aliphatic carbocycles. The maximum atomic E-state index is 2.47. The van der Waals surface area contributed by atoms with E-state index in [0.717, 1.165) is 12.5 Å². The van der Waals surface area contributed by atoms with Gasteiger partial charge in [-0.15, -0.1) is 0 Å². The van der Waals surface area contributed by atoms with Crippen molar-refractivity contribution in [2.24, 2.45) is 5.92 Å². The van der Waals surface area contributed by atoms with Gasteiger partial charge in [0.1, 0.15) is 0 Å². The summed E-state index contributed by atoms with van der Waals surface area (Å²) in [4.78, 5) is 2.47. The molecule has 0 spiro atoms. The number of unbranched alkanes of at least 4 members (excludes halogenated alkanes) is 6. The van der Waals surface area contributed by atoms with E-state index in [4.69, 9.17) is 0 Å². The molecule has 0 bridgehead atoms. The highest BCUT2D eigenvalue weighted by Crippen LogP contribution is 2.23. The SMILES string of the molecule is CCCCCCCC(CCCC)CCCCN(C)Cc1ccccc1. The molecule has 1 rings (SSSR count). The molecule has 0 aliphatic heterocycles. The van der Waals surface area contributed by atoms with Crippen LogP contribution < -0.4 is 0 Å². The molecule has 0 aromatic heterocycles. The second kappa shape index (κ2) is 15.4. The fourth-order valence-electron chi connectivity index (χ4n) is 3.75. The predicted octanol–water partition coefficient (Wildman–Crippen LogP) is 7.46. The average Bonchev–Trinajstić information content (AvgIpc) is 2.63. The van der Waals surface area contributed by atoms with Crippen molar-refractivity contribution in [3.63, 3.8) is 0 Å². The van der Waals surface area contributed by atoms with Gasteiger partial charge >= 0.3 is 0 Å². The Morgan fingerprint density at radius 3 is 2.00 bits per heavy atom. The van der Waals surface area contributed by atoms with Crippen molar-refractivity contribution in [2.45, 2.75) is 97.4 Å². The standard InChI is InChI=1S/C24H43N/c1-4-6-8-9-11-17-23(16-7-5-2)18-14-15-21-25(3)22-24-19-12-10-13-20-24/h10,12-13,19-20,23H,4-9,11,14-18,21-22H2,1-3H3. The zero-order chi connectivity index (χ0) is 18.2. The van der Waals surface area contributed by atoms with Gasteiger partial charge in [0.2, 0.25) is 0 Å². The van der Waals surface area contributed by atoms with Gasteiger partial charge in [-0.25, -0.2) is 0 Å². The van der Waals surface area contributed by atoms with Crippen molar-refractivity contribution in [2.75, 3.05) is 13.6 Å². The van der Waals surface area contributed by atoms with Crippen LogP contribution in [0, 0.1) is 5.92 Å². The molecule has 0 fully saturated rings. The topological polar surface area (TPSA) is 3.24 Å². The van der Waals surface area contributed by atoms with Gasteiger partial charge in [0.25, 0.3) is 0 Å². The first-order valence-corrected chi connectivity index (χ1v) is 11.0. The highest BCUT2D eigenvalue weighted by atomic mass is 15.1. The molecule has 1 aromatic rings. The molecule has 1 aromatic carbocycles. The lowest BCUT2D eigenvalue weighted by Crippen LogP contribution is -2.19. The highest BCUT2D eigenvalue weighted by Gasteiger charge is 2.08. The number of hydrogen-bond acceptors (Lipinski definition) is 1. The van der Waals surface area contributed by atoms with Crippen LogP contribution in [-0.2, 0) is 6.54 Å². The van der Waals surface area contributed by atoms with Crippen LogP contribution in [-0.4, -0.2) is 18.5 Å². The van der Waals surface area contributed by atoms with E-state index >= 15 is 0 Å². The molecular weight excluding hydrogens is 302 g/mol.